The van der Waals surface area contributed by atoms with Gasteiger partial charge in [-0.05, 0) is 24.5 Å². The van der Waals surface area contributed by atoms with Crippen molar-refractivity contribution in [2.75, 3.05) is 6.54 Å². The van der Waals surface area contributed by atoms with E-state index in [4.69, 9.17) is 5.73 Å². The summed E-state index contributed by atoms with van der Waals surface area (Å²) in [6.07, 6.45) is -1.20. The van der Waals surface area contributed by atoms with Crippen molar-refractivity contribution >= 4 is 5.91 Å². The van der Waals surface area contributed by atoms with Crippen LogP contribution in [0.2, 0.25) is 0 Å². The average Bonchev–Trinajstić information content (AvgIpc) is 2.92. The van der Waals surface area contributed by atoms with Gasteiger partial charge in [0.15, 0.2) is 0 Å². The van der Waals surface area contributed by atoms with Gasteiger partial charge < -0.3 is 11.1 Å². The standard InChI is InChI=1S/C17H23F3N2O/c1-15(2,11-22-14(23)16(21)8-3-4-9-16)12-6-5-7-13(10-12)17(18,19)20/h5-7,10H,3-4,8-9,11,21H2,1-2H3,(H,22,23). The minimum absolute atomic E-state index is 0.213. The predicted molar refractivity (Wildman–Crippen MR) is 82.9 cm³/mol. The van der Waals surface area contributed by atoms with E-state index in [0.29, 0.717) is 18.4 Å². The zero-order chi connectivity index (χ0) is 17.3. The number of benzene rings is 1. The van der Waals surface area contributed by atoms with Gasteiger partial charge in [-0.1, -0.05) is 44.9 Å². The number of hydrogen-bond donors (Lipinski definition) is 2. The van der Waals surface area contributed by atoms with Crippen LogP contribution < -0.4 is 11.1 Å². The van der Waals surface area contributed by atoms with Gasteiger partial charge in [0.05, 0.1) is 11.1 Å². The second-order valence-electron chi connectivity index (χ2n) is 7.01. The molecule has 0 spiro atoms. The van der Waals surface area contributed by atoms with Gasteiger partial charge in [-0.15, -0.1) is 0 Å². The number of nitrogens with one attached hydrogen (secondary N) is 1. The summed E-state index contributed by atoms with van der Waals surface area (Å²) >= 11 is 0. The molecule has 0 aliphatic heterocycles. The first-order valence-electron chi connectivity index (χ1n) is 7.80. The molecule has 0 heterocycles. The molecule has 1 aliphatic rings. The molecule has 23 heavy (non-hydrogen) atoms. The second-order valence-corrected chi connectivity index (χ2v) is 7.01. The molecule has 0 saturated heterocycles. The van der Waals surface area contributed by atoms with Crippen LogP contribution in [0.15, 0.2) is 24.3 Å². The number of alkyl halides is 3. The molecule has 0 bridgehead atoms. The molecule has 1 aromatic rings. The van der Waals surface area contributed by atoms with Crippen LogP contribution in [0.25, 0.3) is 0 Å². The maximum absolute atomic E-state index is 12.8. The predicted octanol–water partition coefficient (Wildman–Crippen LogP) is 3.37. The van der Waals surface area contributed by atoms with Gasteiger partial charge in [-0.25, -0.2) is 0 Å². The van der Waals surface area contributed by atoms with Crippen molar-refractivity contribution in [3.63, 3.8) is 0 Å². The Labute approximate surface area is 134 Å². The van der Waals surface area contributed by atoms with Crippen LogP contribution in [0.3, 0.4) is 0 Å². The van der Waals surface area contributed by atoms with Gasteiger partial charge in [0.25, 0.3) is 0 Å². The van der Waals surface area contributed by atoms with E-state index in [1.54, 1.807) is 19.9 Å². The van der Waals surface area contributed by atoms with Crippen LogP contribution in [0.1, 0.15) is 50.7 Å². The van der Waals surface area contributed by atoms with Gasteiger partial charge in [0.2, 0.25) is 5.91 Å². The molecule has 2 rings (SSSR count). The van der Waals surface area contributed by atoms with Crippen LogP contribution in [0.5, 0.6) is 0 Å². The number of rotatable bonds is 4. The summed E-state index contributed by atoms with van der Waals surface area (Å²) in [7, 11) is 0. The molecule has 1 fully saturated rings. The zero-order valence-corrected chi connectivity index (χ0v) is 13.5. The third kappa shape index (κ3) is 4.05. The van der Waals surface area contributed by atoms with E-state index in [2.05, 4.69) is 5.32 Å². The van der Waals surface area contributed by atoms with E-state index < -0.39 is 22.7 Å². The Morgan fingerprint density at radius 3 is 2.35 bits per heavy atom. The molecule has 128 valence electrons. The Bertz CT molecular complexity index is 575. The summed E-state index contributed by atoms with van der Waals surface area (Å²) in [4.78, 5) is 12.3. The van der Waals surface area contributed by atoms with Crippen LogP contribution in [0, 0.1) is 0 Å². The molecule has 0 atom stereocenters. The number of nitrogens with two attached hydrogens (primary N) is 1. The molecule has 1 aromatic carbocycles. The Hall–Kier alpha value is -1.56. The van der Waals surface area contributed by atoms with E-state index in [-0.39, 0.29) is 12.5 Å². The number of carbonyl (C=O) groups excluding carboxylic acids is 1. The maximum atomic E-state index is 12.8. The summed E-state index contributed by atoms with van der Waals surface area (Å²) < 4.78 is 38.5. The molecule has 1 saturated carbocycles. The van der Waals surface area contributed by atoms with Crippen LogP contribution in [-0.4, -0.2) is 18.0 Å². The Kier molecular flexibility index (Phi) is 4.76. The lowest BCUT2D eigenvalue weighted by molar-refractivity contribution is -0.137. The summed E-state index contributed by atoms with van der Waals surface area (Å²) in [5, 5.41) is 2.82. The molecular weight excluding hydrogens is 305 g/mol. The second kappa shape index (κ2) is 6.15. The van der Waals surface area contributed by atoms with Crippen molar-refractivity contribution in [2.45, 2.75) is 56.7 Å². The Morgan fingerprint density at radius 2 is 1.78 bits per heavy atom. The van der Waals surface area contributed by atoms with E-state index in [1.807, 2.05) is 0 Å². The molecule has 0 unspecified atom stereocenters. The normalized spacial score (nSPS) is 18.0. The van der Waals surface area contributed by atoms with Crippen LogP contribution >= 0.6 is 0 Å². The van der Waals surface area contributed by atoms with E-state index in [9.17, 15) is 18.0 Å². The summed E-state index contributed by atoms with van der Waals surface area (Å²) in [6.45, 7) is 3.85. The molecular formula is C17H23F3N2O. The fraction of sp³-hybridized carbons (Fsp3) is 0.588. The molecule has 1 amide bonds. The number of hydrogen-bond acceptors (Lipinski definition) is 2. The topological polar surface area (TPSA) is 55.1 Å². The van der Waals surface area contributed by atoms with Crippen molar-refractivity contribution in [1.82, 2.24) is 5.32 Å². The molecule has 6 heteroatoms. The first-order chi connectivity index (χ1) is 10.5. The maximum Gasteiger partial charge on any atom is 0.416 e. The minimum atomic E-state index is -4.37. The molecule has 0 radical (unpaired) electrons. The molecule has 3 nitrogen and oxygen atoms in total. The van der Waals surface area contributed by atoms with Crippen molar-refractivity contribution < 1.29 is 18.0 Å². The van der Waals surface area contributed by atoms with Crippen molar-refractivity contribution in [3.8, 4) is 0 Å². The molecule has 3 N–H and O–H groups in total. The van der Waals surface area contributed by atoms with Crippen molar-refractivity contribution in [1.29, 1.82) is 0 Å². The smallest absolute Gasteiger partial charge is 0.354 e. The zero-order valence-electron chi connectivity index (χ0n) is 13.5. The molecule has 0 aromatic heterocycles. The van der Waals surface area contributed by atoms with Crippen molar-refractivity contribution in [3.05, 3.63) is 35.4 Å². The summed E-state index contributed by atoms with van der Waals surface area (Å²) in [5.74, 6) is -0.213. The van der Waals surface area contributed by atoms with Crippen molar-refractivity contribution in [2.24, 2.45) is 5.73 Å². The first-order valence-corrected chi connectivity index (χ1v) is 7.80. The van der Waals surface area contributed by atoms with Gasteiger partial charge in [-0.3, -0.25) is 4.79 Å². The van der Waals surface area contributed by atoms with Crippen LogP contribution in [-0.2, 0) is 16.4 Å². The first kappa shape index (κ1) is 17.8. The van der Waals surface area contributed by atoms with Gasteiger partial charge in [0.1, 0.15) is 0 Å². The highest BCUT2D eigenvalue weighted by Gasteiger charge is 2.38. The third-order valence-corrected chi connectivity index (χ3v) is 4.61. The Morgan fingerprint density at radius 1 is 1.22 bits per heavy atom. The largest absolute Gasteiger partial charge is 0.416 e. The lowest BCUT2D eigenvalue weighted by Crippen LogP contribution is -2.53. The SMILES string of the molecule is CC(C)(CNC(=O)C1(N)CCCC1)c1cccc(C(F)(F)F)c1. The summed E-state index contributed by atoms with van der Waals surface area (Å²) in [6, 6.07) is 5.23. The number of carbonyl (C=O) groups is 1. The fourth-order valence-electron chi connectivity index (χ4n) is 2.93. The quantitative estimate of drug-likeness (QED) is 0.890. The monoisotopic (exact) mass is 328 g/mol. The number of halogens is 3. The van der Waals surface area contributed by atoms with E-state index in [0.717, 1.165) is 25.0 Å². The lowest BCUT2D eigenvalue weighted by Gasteiger charge is -2.29. The third-order valence-electron chi connectivity index (χ3n) is 4.61. The highest BCUT2D eigenvalue weighted by Crippen LogP contribution is 2.33. The van der Waals surface area contributed by atoms with Gasteiger partial charge >= 0.3 is 6.18 Å². The van der Waals surface area contributed by atoms with Gasteiger partial charge in [-0.2, -0.15) is 13.2 Å². The molecule has 1 aliphatic carbocycles. The minimum Gasteiger partial charge on any atom is -0.354 e. The van der Waals surface area contributed by atoms with E-state index >= 15 is 0 Å². The fourth-order valence-corrected chi connectivity index (χ4v) is 2.93. The highest BCUT2D eigenvalue weighted by molar-refractivity contribution is 5.86. The Balaban J connectivity index is 2.08. The van der Waals surface area contributed by atoms with Crippen LogP contribution in [0.4, 0.5) is 13.2 Å². The lowest BCUT2D eigenvalue weighted by atomic mass is 9.83. The van der Waals surface area contributed by atoms with E-state index in [1.165, 1.54) is 6.07 Å². The van der Waals surface area contributed by atoms with Gasteiger partial charge in [0, 0.05) is 12.0 Å². The summed E-state index contributed by atoms with van der Waals surface area (Å²) in [5.41, 5.74) is 4.49. The number of amides is 1. The highest BCUT2D eigenvalue weighted by atomic mass is 19.4. The average molecular weight is 328 g/mol.